The van der Waals surface area contributed by atoms with Crippen LogP contribution in [-0.2, 0) is 9.53 Å². The van der Waals surface area contributed by atoms with Crippen molar-refractivity contribution in [2.24, 2.45) is 5.73 Å². The fourth-order valence-electron chi connectivity index (χ4n) is 2.30. The van der Waals surface area contributed by atoms with Crippen molar-refractivity contribution in [2.75, 3.05) is 7.11 Å². The number of carbonyl (C=O) groups is 1. The highest BCUT2D eigenvalue weighted by molar-refractivity contribution is 5.86. The molecule has 0 saturated carbocycles. The van der Waals surface area contributed by atoms with Crippen LogP contribution in [0.25, 0.3) is 10.8 Å². The average molecular weight is 257 g/mol. The summed E-state index contributed by atoms with van der Waals surface area (Å²) in [5, 5.41) is 2.39. The zero-order valence-corrected chi connectivity index (χ0v) is 11.1. The van der Waals surface area contributed by atoms with Crippen molar-refractivity contribution in [3.63, 3.8) is 0 Å². The lowest BCUT2D eigenvalue weighted by atomic mass is 9.96. The number of hydrogen-bond donors (Lipinski definition) is 1. The second-order valence-corrected chi connectivity index (χ2v) is 4.64. The largest absolute Gasteiger partial charge is 0.469 e. The third kappa shape index (κ3) is 3.32. The molecule has 0 aliphatic rings. The summed E-state index contributed by atoms with van der Waals surface area (Å²) < 4.78 is 4.63. The summed E-state index contributed by atoms with van der Waals surface area (Å²) >= 11 is 0. The van der Waals surface area contributed by atoms with Gasteiger partial charge in [-0.1, -0.05) is 42.5 Å². The fourth-order valence-corrected chi connectivity index (χ4v) is 2.30. The Labute approximate surface area is 113 Å². The SMILES string of the molecule is COC(=O)CCCC(N)c1cccc2ccccc12. The van der Waals surface area contributed by atoms with Crippen molar-refractivity contribution in [1.82, 2.24) is 0 Å². The summed E-state index contributed by atoms with van der Waals surface area (Å²) in [4.78, 5) is 11.1. The van der Waals surface area contributed by atoms with Crippen LogP contribution in [0.3, 0.4) is 0 Å². The van der Waals surface area contributed by atoms with Crippen LogP contribution in [0.5, 0.6) is 0 Å². The van der Waals surface area contributed by atoms with E-state index in [9.17, 15) is 4.79 Å². The molecule has 1 atom stereocenters. The third-order valence-corrected chi connectivity index (χ3v) is 3.35. The van der Waals surface area contributed by atoms with Gasteiger partial charge in [-0.3, -0.25) is 4.79 Å². The molecule has 0 saturated heterocycles. The van der Waals surface area contributed by atoms with Gasteiger partial charge in [-0.2, -0.15) is 0 Å². The van der Waals surface area contributed by atoms with Crippen LogP contribution >= 0.6 is 0 Å². The van der Waals surface area contributed by atoms with E-state index in [2.05, 4.69) is 29.0 Å². The lowest BCUT2D eigenvalue weighted by molar-refractivity contribution is -0.140. The summed E-state index contributed by atoms with van der Waals surface area (Å²) in [5.41, 5.74) is 7.38. The van der Waals surface area contributed by atoms with Crippen LogP contribution < -0.4 is 5.73 Å². The maximum Gasteiger partial charge on any atom is 0.305 e. The number of esters is 1. The molecule has 2 aromatic carbocycles. The van der Waals surface area contributed by atoms with Gasteiger partial charge >= 0.3 is 5.97 Å². The molecule has 0 aromatic heterocycles. The number of carbonyl (C=O) groups excluding carboxylic acids is 1. The first kappa shape index (κ1) is 13.6. The van der Waals surface area contributed by atoms with Crippen LogP contribution in [0.15, 0.2) is 42.5 Å². The van der Waals surface area contributed by atoms with Crippen LogP contribution in [0.4, 0.5) is 0 Å². The van der Waals surface area contributed by atoms with Gasteiger partial charge in [0.25, 0.3) is 0 Å². The molecule has 0 aliphatic heterocycles. The molecule has 0 amide bonds. The first-order valence-corrected chi connectivity index (χ1v) is 6.52. The number of hydrogen-bond acceptors (Lipinski definition) is 3. The molecule has 0 aliphatic carbocycles. The van der Waals surface area contributed by atoms with Gasteiger partial charge in [0.2, 0.25) is 0 Å². The maximum atomic E-state index is 11.1. The number of nitrogens with two attached hydrogens (primary N) is 1. The quantitative estimate of drug-likeness (QED) is 0.837. The smallest absolute Gasteiger partial charge is 0.305 e. The maximum absolute atomic E-state index is 11.1. The standard InChI is InChI=1S/C16H19NO2/c1-19-16(18)11-5-10-15(17)14-9-4-7-12-6-2-3-8-13(12)14/h2-4,6-9,15H,5,10-11,17H2,1H3. The molecule has 2 rings (SSSR count). The first-order chi connectivity index (χ1) is 9.22. The van der Waals surface area contributed by atoms with E-state index in [0.29, 0.717) is 6.42 Å². The molecule has 2 N–H and O–H groups in total. The predicted octanol–water partition coefficient (Wildman–Crippen LogP) is 3.18. The second kappa shape index (κ2) is 6.34. The molecule has 0 heterocycles. The van der Waals surface area contributed by atoms with E-state index in [-0.39, 0.29) is 12.0 Å². The normalized spacial score (nSPS) is 12.3. The highest BCUT2D eigenvalue weighted by Gasteiger charge is 2.10. The molecular weight excluding hydrogens is 238 g/mol. The van der Waals surface area contributed by atoms with Gasteiger partial charge in [0.15, 0.2) is 0 Å². The van der Waals surface area contributed by atoms with Crippen molar-refractivity contribution < 1.29 is 9.53 Å². The van der Waals surface area contributed by atoms with E-state index >= 15 is 0 Å². The summed E-state index contributed by atoms with van der Waals surface area (Å²) in [7, 11) is 1.41. The van der Waals surface area contributed by atoms with Crippen LogP contribution in [0.2, 0.25) is 0 Å². The minimum Gasteiger partial charge on any atom is -0.469 e. The molecular formula is C16H19NO2. The number of rotatable bonds is 5. The van der Waals surface area contributed by atoms with E-state index in [1.54, 1.807) is 0 Å². The summed E-state index contributed by atoms with van der Waals surface area (Å²) in [6.45, 7) is 0. The molecule has 0 radical (unpaired) electrons. The first-order valence-electron chi connectivity index (χ1n) is 6.52. The fraction of sp³-hybridized carbons (Fsp3) is 0.312. The van der Waals surface area contributed by atoms with E-state index in [4.69, 9.17) is 5.73 Å². The summed E-state index contributed by atoms with van der Waals surface area (Å²) in [5.74, 6) is -0.176. The van der Waals surface area contributed by atoms with Crippen LogP contribution in [0.1, 0.15) is 30.9 Å². The van der Waals surface area contributed by atoms with Crippen molar-refractivity contribution in [3.8, 4) is 0 Å². The molecule has 3 heteroatoms. The van der Waals surface area contributed by atoms with Crippen molar-refractivity contribution in [2.45, 2.75) is 25.3 Å². The Bertz CT molecular complexity index is 560. The van der Waals surface area contributed by atoms with E-state index in [1.165, 1.54) is 17.9 Å². The van der Waals surface area contributed by atoms with Gasteiger partial charge in [-0.05, 0) is 29.2 Å². The Morgan fingerprint density at radius 1 is 1.21 bits per heavy atom. The van der Waals surface area contributed by atoms with Crippen LogP contribution in [0, 0.1) is 0 Å². The van der Waals surface area contributed by atoms with Gasteiger partial charge in [-0.15, -0.1) is 0 Å². The zero-order valence-electron chi connectivity index (χ0n) is 11.1. The van der Waals surface area contributed by atoms with E-state index in [1.807, 2.05) is 18.2 Å². The monoisotopic (exact) mass is 257 g/mol. The minimum absolute atomic E-state index is 0.0456. The molecule has 100 valence electrons. The number of benzene rings is 2. The molecule has 0 spiro atoms. The van der Waals surface area contributed by atoms with Gasteiger partial charge in [-0.25, -0.2) is 0 Å². The van der Waals surface area contributed by atoms with Crippen LogP contribution in [-0.4, -0.2) is 13.1 Å². The third-order valence-electron chi connectivity index (χ3n) is 3.35. The number of ether oxygens (including phenoxy) is 1. The molecule has 0 bridgehead atoms. The van der Waals surface area contributed by atoms with E-state index < -0.39 is 0 Å². The lowest BCUT2D eigenvalue weighted by Gasteiger charge is -2.14. The predicted molar refractivity (Wildman–Crippen MR) is 76.7 cm³/mol. The highest BCUT2D eigenvalue weighted by atomic mass is 16.5. The van der Waals surface area contributed by atoms with Crippen molar-refractivity contribution in [1.29, 1.82) is 0 Å². The average Bonchev–Trinajstić information content (AvgIpc) is 2.46. The van der Waals surface area contributed by atoms with Gasteiger partial charge in [0.1, 0.15) is 0 Å². The lowest BCUT2D eigenvalue weighted by Crippen LogP contribution is -2.11. The Hall–Kier alpha value is -1.87. The Kier molecular flexibility index (Phi) is 4.53. The molecule has 3 nitrogen and oxygen atoms in total. The van der Waals surface area contributed by atoms with Gasteiger partial charge in [0.05, 0.1) is 7.11 Å². The minimum atomic E-state index is -0.176. The van der Waals surface area contributed by atoms with Gasteiger partial charge < -0.3 is 10.5 Å². The zero-order chi connectivity index (χ0) is 13.7. The molecule has 1 unspecified atom stereocenters. The Morgan fingerprint density at radius 2 is 1.95 bits per heavy atom. The van der Waals surface area contributed by atoms with E-state index in [0.717, 1.165) is 18.4 Å². The van der Waals surface area contributed by atoms with Gasteiger partial charge in [0, 0.05) is 12.5 Å². The topological polar surface area (TPSA) is 52.3 Å². The number of methoxy groups -OCH3 is 1. The van der Waals surface area contributed by atoms with Crippen molar-refractivity contribution >= 4 is 16.7 Å². The molecule has 2 aromatic rings. The second-order valence-electron chi connectivity index (χ2n) is 4.64. The van der Waals surface area contributed by atoms with Crippen molar-refractivity contribution in [3.05, 3.63) is 48.0 Å². The highest BCUT2D eigenvalue weighted by Crippen LogP contribution is 2.25. The Balaban J connectivity index is 2.09. The molecule has 0 fully saturated rings. The number of fused-ring (bicyclic) bond motifs is 1. The Morgan fingerprint density at radius 3 is 2.74 bits per heavy atom. The molecule has 19 heavy (non-hydrogen) atoms. The summed E-state index contributed by atoms with van der Waals surface area (Å²) in [6, 6.07) is 14.3. The summed E-state index contributed by atoms with van der Waals surface area (Å²) in [6.07, 6.45) is 1.95.